The monoisotopic (exact) mass is 322 g/mol. The summed E-state index contributed by atoms with van der Waals surface area (Å²) >= 11 is 0. The van der Waals surface area contributed by atoms with Crippen LogP contribution >= 0.6 is 0 Å². The number of nitrogens with one attached hydrogen (secondary N) is 1. The van der Waals surface area contributed by atoms with Crippen LogP contribution < -0.4 is 10.2 Å². The average molecular weight is 322 g/mol. The third-order valence-corrected chi connectivity index (χ3v) is 4.37. The lowest BCUT2D eigenvalue weighted by Crippen LogP contribution is -2.42. The molecule has 1 heterocycles. The molecule has 24 heavy (non-hydrogen) atoms. The van der Waals surface area contributed by atoms with Crippen molar-refractivity contribution in [2.24, 2.45) is 0 Å². The standard InChI is InChI=1S/C20H22N2O2/c1-14-3-7-16(8-4-14)13-19(23)21-18-11-12-22(20(18)24)17-9-5-15(2)6-10-17/h3-10,18H,11-13H2,1-2H3,(H,21,23)/t18-/m1/s1. The maximum atomic E-state index is 12.5. The number of amides is 2. The van der Waals surface area contributed by atoms with Crippen molar-refractivity contribution in [2.45, 2.75) is 32.7 Å². The first-order valence-corrected chi connectivity index (χ1v) is 8.26. The summed E-state index contributed by atoms with van der Waals surface area (Å²) in [4.78, 5) is 26.5. The third kappa shape index (κ3) is 3.65. The summed E-state index contributed by atoms with van der Waals surface area (Å²) in [6.45, 7) is 4.67. The highest BCUT2D eigenvalue weighted by atomic mass is 16.2. The van der Waals surface area contributed by atoms with E-state index in [0.29, 0.717) is 19.4 Å². The molecule has 2 amide bonds. The van der Waals surface area contributed by atoms with Crippen LogP contribution in [0.5, 0.6) is 0 Å². The number of anilines is 1. The Balaban J connectivity index is 1.60. The van der Waals surface area contributed by atoms with Crippen LogP contribution in [0.2, 0.25) is 0 Å². The van der Waals surface area contributed by atoms with Gasteiger partial charge in [-0.1, -0.05) is 47.5 Å². The Morgan fingerprint density at radius 1 is 1.04 bits per heavy atom. The zero-order valence-corrected chi connectivity index (χ0v) is 14.1. The highest BCUT2D eigenvalue weighted by molar-refractivity contribution is 6.01. The van der Waals surface area contributed by atoms with Gasteiger partial charge in [-0.25, -0.2) is 0 Å². The molecule has 0 spiro atoms. The molecular formula is C20H22N2O2. The fraction of sp³-hybridized carbons (Fsp3) is 0.300. The molecule has 0 aliphatic carbocycles. The largest absolute Gasteiger partial charge is 0.344 e. The van der Waals surface area contributed by atoms with Crippen LogP contribution in [0, 0.1) is 13.8 Å². The molecular weight excluding hydrogens is 300 g/mol. The minimum Gasteiger partial charge on any atom is -0.344 e. The second kappa shape index (κ2) is 6.87. The van der Waals surface area contributed by atoms with Crippen molar-refractivity contribution >= 4 is 17.5 Å². The molecule has 1 atom stereocenters. The summed E-state index contributed by atoms with van der Waals surface area (Å²) in [5.41, 5.74) is 4.17. The quantitative estimate of drug-likeness (QED) is 0.941. The SMILES string of the molecule is Cc1ccc(CC(=O)N[C@@H]2CCN(c3ccc(C)cc3)C2=O)cc1. The van der Waals surface area contributed by atoms with Crippen molar-refractivity contribution in [3.8, 4) is 0 Å². The Bertz CT molecular complexity index is 735. The van der Waals surface area contributed by atoms with Gasteiger partial charge >= 0.3 is 0 Å². The van der Waals surface area contributed by atoms with Crippen LogP contribution in [0.25, 0.3) is 0 Å². The van der Waals surface area contributed by atoms with E-state index >= 15 is 0 Å². The maximum absolute atomic E-state index is 12.5. The van der Waals surface area contributed by atoms with Gasteiger partial charge in [0, 0.05) is 12.2 Å². The Kier molecular flexibility index (Phi) is 4.65. The molecule has 1 saturated heterocycles. The molecule has 3 rings (SSSR count). The number of carbonyl (C=O) groups is 2. The maximum Gasteiger partial charge on any atom is 0.249 e. The number of carbonyl (C=O) groups excluding carboxylic acids is 2. The van der Waals surface area contributed by atoms with Gasteiger partial charge < -0.3 is 10.2 Å². The normalized spacial score (nSPS) is 17.2. The van der Waals surface area contributed by atoms with Gasteiger partial charge in [-0.15, -0.1) is 0 Å². The molecule has 0 aromatic heterocycles. The summed E-state index contributed by atoms with van der Waals surface area (Å²) in [5, 5.41) is 2.87. The van der Waals surface area contributed by atoms with Gasteiger partial charge in [0.15, 0.2) is 0 Å². The molecule has 1 N–H and O–H groups in total. The predicted molar refractivity (Wildman–Crippen MR) is 95.0 cm³/mol. The fourth-order valence-electron chi connectivity index (χ4n) is 2.93. The summed E-state index contributed by atoms with van der Waals surface area (Å²) in [6.07, 6.45) is 0.945. The van der Waals surface area contributed by atoms with E-state index in [1.165, 1.54) is 5.56 Å². The van der Waals surface area contributed by atoms with E-state index in [1.807, 2.05) is 62.4 Å². The van der Waals surface area contributed by atoms with Crippen molar-refractivity contribution in [1.82, 2.24) is 5.32 Å². The molecule has 0 radical (unpaired) electrons. The Morgan fingerprint density at radius 3 is 2.25 bits per heavy atom. The highest BCUT2D eigenvalue weighted by Gasteiger charge is 2.33. The summed E-state index contributed by atoms with van der Waals surface area (Å²) < 4.78 is 0. The zero-order valence-electron chi connectivity index (χ0n) is 14.1. The van der Waals surface area contributed by atoms with Crippen molar-refractivity contribution in [2.75, 3.05) is 11.4 Å². The van der Waals surface area contributed by atoms with Crippen LogP contribution in [0.4, 0.5) is 5.69 Å². The van der Waals surface area contributed by atoms with E-state index < -0.39 is 6.04 Å². The van der Waals surface area contributed by atoms with E-state index in [4.69, 9.17) is 0 Å². The molecule has 2 aromatic rings. The fourth-order valence-corrected chi connectivity index (χ4v) is 2.93. The second-order valence-electron chi connectivity index (χ2n) is 6.40. The minimum absolute atomic E-state index is 0.0314. The lowest BCUT2D eigenvalue weighted by Gasteiger charge is -2.17. The lowest BCUT2D eigenvalue weighted by molar-refractivity contribution is -0.126. The Labute approximate surface area is 142 Å². The first-order chi connectivity index (χ1) is 11.5. The molecule has 0 unspecified atom stereocenters. The van der Waals surface area contributed by atoms with Gasteiger partial charge in [0.05, 0.1) is 6.42 Å². The number of hydrogen-bond acceptors (Lipinski definition) is 2. The molecule has 2 aromatic carbocycles. The molecule has 124 valence electrons. The smallest absolute Gasteiger partial charge is 0.249 e. The third-order valence-electron chi connectivity index (χ3n) is 4.37. The van der Waals surface area contributed by atoms with Crippen LogP contribution in [0.1, 0.15) is 23.1 Å². The molecule has 1 fully saturated rings. The predicted octanol–water partition coefficient (Wildman–Crippen LogP) is 2.77. The van der Waals surface area contributed by atoms with Gasteiger partial charge in [-0.05, 0) is 38.0 Å². The number of benzene rings is 2. The lowest BCUT2D eigenvalue weighted by atomic mass is 10.1. The van der Waals surface area contributed by atoms with Crippen LogP contribution in [0.3, 0.4) is 0 Å². The first kappa shape index (κ1) is 16.2. The summed E-state index contributed by atoms with van der Waals surface area (Å²) in [7, 11) is 0. The summed E-state index contributed by atoms with van der Waals surface area (Å²) in [5.74, 6) is -0.140. The van der Waals surface area contributed by atoms with Gasteiger partial charge in [0.25, 0.3) is 0 Å². The van der Waals surface area contributed by atoms with Crippen LogP contribution in [-0.2, 0) is 16.0 Å². The highest BCUT2D eigenvalue weighted by Crippen LogP contribution is 2.22. The van der Waals surface area contributed by atoms with Crippen molar-refractivity contribution in [3.05, 3.63) is 65.2 Å². The zero-order chi connectivity index (χ0) is 17.1. The topological polar surface area (TPSA) is 49.4 Å². The van der Waals surface area contributed by atoms with Crippen molar-refractivity contribution in [3.63, 3.8) is 0 Å². The molecule has 0 bridgehead atoms. The number of aryl methyl sites for hydroxylation is 2. The first-order valence-electron chi connectivity index (χ1n) is 8.26. The summed E-state index contributed by atoms with van der Waals surface area (Å²) in [6, 6.07) is 15.3. The number of hydrogen-bond donors (Lipinski definition) is 1. The van der Waals surface area contributed by atoms with Gasteiger partial charge in [0.2, 0.25) is 11.8 Å². The molecule has 0 saturated carbocycles. The van der Waals surface area contributed by atoms with Crippen molar-refractivity contribution in [1.29, 1.82) is 0 Å². The Morgan fingerprint density at radius 2 is 1.62 bits per heavy atom. The van der Waals surface area contributed by atoms with E-state index in [-0.39, 0.29) is 11.8 Å². The minimum atomic E-state index is -0.427. The van der Waals surface area contributed by atoms with Gasteiger partial charge in [0.1, 0.15) is 6.04 Å². The van der Waals surface area contributed by atoms with Gasteiger partial charge in [-0.3, -0.25) is 9.59 Å². The van der Waals surface area contributed by atoms with E-state index in [0.717, 1.165) is 16.8 Å². The molecule has 4 heteroatoms. The van der Waals surface area contributed by atoms with Crippen molar-refractivity contribution < 1.29 is 9.59 Å². The number of rotatable bonds is 4. The van der Waals surface area contributed by atoms with Gasteiger partial charge in [-0.2, -0.15) is 0 Å². The van der Waals surface area contributed by atoms with E-state index in [2.05, 4.69) is 5.32 Å². The van der Waals surface area contributed by atoms with E-state index in [1.54, 1.807) is 4.90 Å². The number of nitrogens with zero attached hydrogens (tertiary/aromatic N) is 1. The van der Waals surface area contributed by atoms with Crippen LogP contribution in [-0.4, -0.2) is 24.4 Å². The molecule has 1 aliphatic heterocycles. The van der Waals surface area contributed by atoms with E-state index in [9.17, 15) is 9.59 Å². The Hall–Kier alpha value is -2.62. The van der Waals surface area contributed by atoms with Crippen LogP contribution in [0.15, 0.2) is 48.5 Å². The molecule has 1 aliphatic rings. The average Bonchev–Trinajstić information content (AvgIpc) is 2.91. The second-order valence-corrected chi connectivity index (χ2v) is 6.40. The molecule has 4 nitrogen and oxygen atoms in total.